The third kappa shape index (κ3) is 4.04. The molecule has 112 valence electrons. The van der Waals surface area contributed by atoms with Gasteiger partial charge in [0.2, 0.25) is 10.0 Å². The molecule has 2 unspecified atom stereocenters. The molecule has 0 amide bonds. The van der Waals surface area contributed by atoms with E-state index in [-0.39, 0.29) is 0 Å². The second-order valence-corrected chi connectivity index (χ2v) is 7.60. The van der Waals surface area contributed by atoms with Crippen molar-refractivity contribution in [2.24, 2.45) is 17.6 Å². The van der Waals surface area contributed by atoms with Crippen LogP contribution in [0.25, 0.3) is 0 Å². The molecule has 2 atom stereocenters. The molecule has 0 saturated heterocycles. The third-order valence-electron chi connectivity index (χ3n) is 4.08. The molecule has 1 fully saturated rings. The molecule has 1 saturated carbocycles. The second kappa shape index (κ2) is 6.70. The first-order chi connectivity index (χ1) is 9.51. The summed E-state index contributed by atoms with van der Waals surface area (Å²) in [6.45, 7) is 3.21. The normalized spacial score (nSPS) is 23.7. The largest absolute Gasteiger partial charge is 0.326 e. The molecule has 1 aromatic rings. The first-order valence-corrected chi connectivity index (χ1v) is 8.78. The van der Waals surface area contributed by atoms with Crippen LogP contribution in [0.2, 0.25) is 0 Å². The molecule has 0 radical (unpaired) electrons. The van der Waals surface area contributed by atoms with E-state index in [0.717, 1.165) is 18.4 Å². The SMILES string of the molecule is CC1CCCC(CNS(=O)(=O)c2ccc(CN)cc2)C1. The Kier molecular flexibility index (Phi) is 5.18. The molecule has 3 N–H and O–H groups in total. The van der Waals surface area contributed by atoms with Crippen LogP contribution in [-0.4, -0.2) is 15.0 Å². The number of sulfonamides is 1. The number of hydrogen-bond donors (Lipinski definition) is 2. The van der Waals surface area contributed by atoms with Gasteiger partial charge in [-0.3, -0.25) is 0 Å². The zero-order chi connectivity index (χ0) is 14.6. The maximum atomic E-state index is 12.2. The van der Waals surface area contributed by atoms with Gasteiger partial charge in [-0.2, -0.15) is 0 Å². The van der Waals surface area contributed by atoms with Crippen LogP contribution in [0.3, 0.4) is 0 Å². The summed E-state index contributed by atoms with van der Waals surface area (Å²) in [7, 11) is -3.39. The molecular formula is C15H24N2O2S. The van der Waals surface area contributed by atoms with Gasteiger partial charge in [-0.1, -0.05) is 31.9 Å². The van der Waals surface area contributed by atoms with E-state index in [9.17, 15) is 8.42 Å². The Morgan fingerprint density at radius 2 is 1.95 bits per heavy atom. The monoisotopic (exact) mass is 296 g/mol. The van der Waals surface area contributed by atoms with Gasteiger partial charge in [-0.25, -0.2) is 13.1 Å². The van der Waals surface area contributed by atoms with Crippen molar-refractivity contribution in [2.75, 3.05) is 6.54 Å². The minimum Gasteiger partial charge on any atom is -0.326 e. The van der Waals surface area contributed by atoms with Gasteiger partial charge >= 0.3 is 0 Å². The molecule has 2 rings (SSSR count). The maximum absolute atomic E-state index is 12.2. The van der Waals surface area contributed by atoms with Crippen LogP contribution >= 0.6 is 0 Å². The van der Waals surface area contributed by atoms with Gasteiger partial charge < -0.3 is 5.73 Å². The van der Waals surface area contributed by atoms with Crippen molar-refractivity contribution in [1.82, 2.24) is 4.72 Å². The molecule has 1 aromatic carbocycles. The predicted octanol–water partition coefficient (Wildman–Crippen LogP) is 2.25. The van der Waals surface area contributed by atoms with E-state index < -0.39 is 10.0 Å². The lowest BCUT2D eigenvalue weighted by Gasteiger charge is -2.26. The van der Waals surface area contributed by atoms with E-state index in [4.69, 9.17) is 5.73 Å². The Balaban J connectivity index is 1.96. The van der Waals surface area contributed by atoms with Crippen LogP contribution in [0, 0.1) is 11.8 Å². The van der Waals surface area contributed by atoms with Crippen molar-refractivity contribution in [3.05, 3.63) is 29.8 Å². The molecule has 4 nitrogen and oxygen atoms in total. The zero-order valence-corrected chi connectivity index (χ0v) is 12.8. The minimum absolute atomic E-state index is 0.318. The lowest BCUT2D eigenvalue weighted by Crippen LogP contribution is -2.31. The quantitative estimate of drug-likeness (QED) is 0.875. The third-order valence-corrected chi connectivity index (χ3v) is 5.52. The average Bonchev–Trinajstić information content (AvgIpc) is 2.45. The van der Waals surface area contributed by atoms with Crippen molar-refractivity contribution in [3.8, 4) is 0 Å². The summed E-state index contributed by atoms with van der Waals surface area (Å²) in [5.74, 6) is 1.18. The molecule has 1 aliphatic carbocycles. The molecule has 1 aliphatic rings. The van der Waals surface area contributed by atoms with Gasteiger partial charge in [0.05, 0.1) is 4.90 Å². The summed E-state index contributed by atoms with van der Waals surface area (Å²) in [4.78, 5) is 0.318. The van der Waals surface area contributed by atoms with Gasteiger partial charge in [0.25, 0.3) is 0 Å². The Bertz CT molecular complexity index is 525. The minimum atomic E-state index is -3.39. The van der Waals surface area contributed by atoms with E-state index >= 15 is 0 Å². The average molecular weight is 296 g/mol. The van der Waals surface area contributed by atoms with Crippen LogP contribution in [0.1, 0.15) is 38.2 Å². The smallest absolute Gasteiger partial charge is 0.240 e. The number of benzene rings is 1. The van der Waals surface area contributed by atoms with Gasteiger partial charge in [0.1, 0.15) is 0 Å². The van der Waals surface area contributed by atoms with Crippen molar-refractivity contribution in [2.45, 2.75) is 44.0 Å². The van der Waals surface area contributed by atoms with Crippen LogP contribution in [0.4, 0.5) is 0 Å². The van der Waals surface area contributed by atoms with Crippen molar-refractivity contribution < 1.29 is 8.42 Å². The van der Waals surface area contributed by atoms with Gasteiger partial charge in [0.15, 0.2) is 0 Å². The number of nitrogens with one attached hydrogen (secondary N) is 1. The summed E-state index contributed by atoms with van der Waals surface area (Å²) in [6, 6.07) is 6.76. The highest BCUT2D eigenvalue weighted by Crippen LogP contribution is 2.28. The maximum Gasteiger partial charge on any atom is 0.240 e. The molecule has 0 aromatic heterocycles. The Morgan fingerprint density at radius 1 is 1.25 bits per heavy atom. The van der Waals surface area contributed by atoms with Crippen molar-refractivity contribution in [3.63, 3.8) is 0 Å². The van der Waals surface area contributed by atoms with Gasteiger partial charge in [-0.05, 0) is 42.4 Å². The van der Waals surface area contributed by atoms with Crippen molar-refractivity contribution in [1.29, 1.82) is 0 Å². The van der Waals surface area contributed by atoms with Crippen LogP contribution in [0.5, 0.6) is 0 Å². The molecule has 0 bridgehead atoms. The van der Waals surface area contributed by atoms with E-state index in [1.54, 1.807) is 24.3 Å². The topological polar surface area (TPSA) is 72.2 Å². The highest BCUT2D eigenvalue weighted by molar-refractivity contribution is 7.89. The van der Waals surface area contributed by atoms with E-state index in [0.29, 0.717) is 29.8 Å². The molecule has 20 heavy (non-hydrogen) atoms. The van der Waals surface area contributed by atoms with E-state index in [1.165, 1.54) is 12.8 Å². The lowest BCUT2D eigenvalue weighted by molar-refractivity contribution is 0.283. The highest BCUT2D eigenvalue weighted by atomic mass is 32.2. The fraction of sp³-hybridized carbons (Fsp3) is 0.600. The molecule has 0 heterocycles. The first kappa shape index (κ1) is 15.5. The predicted molar refractivity (Wildman–Crippen MR) is 80.6 cm³/mol. The molecule has 0 aliphatic heterocycles. The summed E-state index contributed by atoms with van der Waals surface area (Å²) in [5.41, 5.74) is 6.45. The van der Waals surface area contributed by atoms with Crippen LogP contribution in [-0.2, 0) is 16.6 Å². The fourth-order valence-electron chi connectivity index (χ4n) is 2.86. The molecular weight excluding hydrogens is 272 g/mol. The Morgan fingerprint density at radius 3 is 2.55 bits per heavy atom. The van der Waals surface area contributed by atoms with E-state index in [1.807, 2.05) is 0 Å². The van der Waals surface area contributed by atoms with Crippen LogP contribution < -0.4 is 10.5 Å². The molecule has 0 spiro atoms. The second-order valence-electron chi connectivity index (χ2n) is 5.84. The lowest BCUT2D eigenvalue weighted by atomic mass is 9.83. The van der Waals surface area contributed by atoms with Crippen molar-refractivity contribution >= 4 is 10.0 Å². The highest BCUT2D eigenvalue weighted by Gasteiger charge is 2.21. The summed E-state index contributed by atoms with van der Waals surface area (Å²) in [5, 5.41) is 0. The number of nitrogens with two attached hydrogens (primary N) is 1. The zero-order valence-electron chi connectivity index (χ0n) is 12.0. The van der Waals surface area contributed by atoms with Crippen LogP contribution in [0.15, 0.2) is 29.2 Å². The number of rotatable bonds is 5. The van der Waals surface area contributed by atoms with Gasteiger partial charge in [0, 0.05) is 13.1 Å². The Labute approximate surface area is 121 Å². The number of hydrogen-bond acceptors (Lipinski definition) is 3. The summed E-state index contributed by atoms with van der Waals surface area (Å²) in [6.07, 6.45) is 4.72. The fourth-order valence-corrected chi connectivity index (χ4v) is 3.98. The van der Waals surface area contributed by atoms with E-state index in [2.05, 4.69) is 11.6 Å². The van der Waals surface area contributed by atoms with Gasteiger partial charge in [-0.15, -0.1) is 0 Å². The molecule has 5 heteroatoms. The first-order valence-electron chi connectivity index (χ1n) is 7.30. The standard InChI is InChI=1S/C15H24N2O2S/c1-12-3-2-4-14(9-12)11-17-20(18,19)15-7-5-13(10-16)6-8-15/h5-8,12,14,17H,2-4,9-11,16H2,1H3. The summed E-state index contributed by atoms with van der Waals surface area (Å²) < 4.78 is 27.2. The summed E-state index contributed by atoms with van der Waals surface area (Å²) >= 11 is 0. The Hall–Kier alpha value is -0.910.